The molecule has 2 rings (SSSR count). The molecule has 18 heavy (non-hydrogen) atoms. The molecule has 1 atom stereocenters. The lowest BCUT2D eigenvalue weighted by Crippen LogP contribution is -2.18. The summed E-state index contributed by atoms with van der Waals surface area (Å²) in [6.45, 7) is 1.77. The highest BCUT2D eigenvalue weighted by atomic mass is 79.9. The lowest BCUT2D eigenvalue weighted by atomic mass is 9.98. The van der Waals surface area contributed by atoms with E-state index in [9.17, 15) is 4.39 Å². The molecule has 0 aliphatic carbocycles. The summed E-state index contributed by atoms with van der Waals surface area (Å²) in [4.78, 5) is 0. The van der Waals surface area contributed by atoms with Crippen LogP contribution in [0.1, 0.15) is 22.7 Å². The van der Waals surface area contributed by atoms with Gasteiger partial charge in [-0.05, 0) is 42.8 Å². The summed E-state index contributed by atoms with van der Waals surface area (Å²) in [6.07, 6.45) is 0. The first kappa shape index (κ1) is 13.2. The summed E-state index contributed by atoms with van der Waals surface area (Å²) in [5.74, 6) is -0.167. The number of rotatable bonds is 3. The van der Waals surface area contributed by atoms with E-state index in [4.69, 9.17) is 0 Å². The fourth-order valence-electron chi connectivity index (χ4n) is 2.00. The van der Waals surface area contributed by atoms with E-state index in [1.807, 2.05) is 43.4 Å². The van der Waals surface area contributed by atoms with Crippen LogP contribution in [0, 0.1) is 12.7 Å². The Hall–Kier alpha value is -1.19. The van der Waals surface area contributed by atoms with Crippen molar-refractivity contribution in [3.63, 3.8) is 0 Å². The van der Waals surface area contributed by atoms with E-state index in [1.165, 1.54) is 0 Å². The maximum Gasteiger partial charge on any atom is 0.126 e. The Morgan fingerprint density at radius 1 is 1.17 bits per heavy atom. The standard InChI is InChI=1S/C15H15BrFN/c1-10-7-8-11(9-14(10)17)15(18-2)12-5-3-4-6-13(12)16/h3-9,15,18H,1-2H3. The molecule has 2 aromatic carbocycles. The monoisotopic (exact) mass is 307 g/mol. The zero-order valence-corrected chi connectivity index (χ0v) is 12.0. The molecule has 0 aromatic heterocycles. The molecule has 0 saturated carbocycles. The van der Waals surface area contributed by atoms with E-state index < -0.39 is 0 Å². The number of nitrogens with one attached hydrogen (secondary N) is 1. The fourth-order valence-corrected chi connectivity index (χ4v) is 2.51. The van der Waals surface area contributed by atoms with Crippen LogP contribution in [-0.2, 0) is 0 Å². The van der Waals surface area contributed by atoms with Crippen molar-refractivity contribution in [2.24, 2.45) is 0 Å². The third kappa shape index (κ3) is 2.62. The predicted octanol–water partition coefficient (Wildman–Crippen LogP) is 4.21. The van der Waals surface area contributed by atoms with Crippen molar-refractivity contribution in [1.82, 2.24) is 5.32 Å². The number of halogens is 2. The van der Waals surface area contributed by atoms with E-state index >= 15 is 0 Å². The first-order chi connectivity index (χ1) is 8.63. The highest BCUT2D eigenvalue weighted by molar-refractivity contribution is 9.10. The van der Waals surface area contributed by atoms with E-state index in [1.54, 1.807) is 13.0 Å². The van der Waals surface area contributed by atoms with Crippen LogP contribution < -0.4 is 5.32 Å². The van der Waals surface area contributed by atoms with Crippen molar-refractivity contribution >= 4 is 15.9 Å². The predicted molar refractivity (Wildman–Crippen MR) is 76.2 cm³/mol. The Kier molecular flexibility index (Phi) is 4.15. The topological polar surface area (TPSA) is 12.0 Å². The number of aryl methyl sites for hydroxylation is 1. The second-order valence-electron chi connectivity index (χ2n) is 4.25. The van der Waals surface area contributed by atoms with Crippen LogP contribution in [0.3, 0.4) is 0 Å². The molecule has 0 radical (unpaired) electrons. The summed E-state index contributed by atoms with van der Waals surface area (Å²) in [5, 5.41) is 3.23. The van der Waals surface area contributed by atoms with Gasteiger partial charge in [-0.15, -0.1) is 0 Å². The second kappa shape index (κ2) is 5.63. The van der Waals surface area contributed by atoms with E-state index in [0.717, 1.165) is 15.6 Å². The largest absolute Gasteiger partial charge is 0.309 e. The molecule has 0 heterocycles. The van der Waals surface area contributed by atoms with Crippen LogP contribution in [-0.4, -0.2) is 7.05 Å². The lowest BCUT2D eigenvalue weighted by molar-refractivity contribution is 0.608. The molecule has 3 heteroatoms. The maximum absolute atomic E-state index is 13.7. The molecule has 0 saturated heterocycles. The highest BCUT2D eigenvalue weighted by Gasteiger charge is 2.15. The minimum Gasteiger partial charge on any atom is -0.309 e. The quantitative estimate of drug-likeness (QED) is 0.896. The minimum absolute atomic E-state index is 0.0179. The van der Waals surface area contributed by atoms with Crippen molar-refractivity contribution in [2.45, 2.75) is 13.0 Å². The van der Waals surface area contributed by atoms with Gasteiger partial charge >= 0.3 is 0 Å². The number of hydrogen-bond acceptors (Lipinski definition) is 1. The Labute approximate surface area is 115 Å². The van der Waals surface area contributed by atoms with Crippen LogP contribution >= 0.6 is 15.9 Å². The molecule has 2 aromatic rings. The average Bonchev–Trinajstić information content (AvgIpc) is 2.37. The summed E-state index contributed by atoms with van der Waals surface area (Å²) in [5.41, 5.74) is 2.69. The number of hydrogen-bond donors (Lipinski definition) is 1. The molecule has 1 N–H and O–H groups in total. The third-order valence-electron chi connectivity index (χ3n) is 3.03. The molecule has 0 fully saturated rings. The van der Waals surface area contributed by atoms with Gasteiger partial charge in [0, 0.05) is 4.47 Å². The Bertz CT molecular complexity index is 554. The second-order valence-corrected chi connectivity index (χ2v) is 5.11. The molecule has 0 amide bonds. The first-order valence-electron chi connectivity index (χ1n) is 5.81. The molecule has 1 unspecified atom stereocenters. The summed E-state index contributed by atoms with van der Waals surface area (Å²) >= 11 is 3.53. The van der Waals surface area contributed by atoms with Gasteiger partial charge in [-0.3, -0.25) is 0 Å². The Balaban J connectivity index is 2.45. The van der Waals surface area contributed by atoms with Crippen molar-refractivity contribution in [1.29, 1.82) is 0 Å². The third-order valence-corrected chi connectivity index (χ3v) is 3.76. The van der Waals surface area contributed by atoms with Gasteiger partial charge in [0.15, 0.2) is 0 Å². The van der Waals surface area contributed by atoms with Crippen LogP contribution in [0.25, 0.3) is 0 Å². The molecule has 0 spiro atoms. The normalized spacial score (nSPS) is 12.4. The van der Waals surface area contributed by atoms with Gasteiger partial charge in [0.1, 0.15) is 5.82 Å². The molecule has 0 bridgehead atoms. The van der Waals surface area contributed by atoms with Crippen LogP contribution in [0.5, 0.6) is 0 Å². The first-order valence-corrected chi connectivity index (χ1v) is 6.60. The Morgan fingerprint density at radius 2 is 1.89 bits per heavy atom. The van der Waals surface area contributed by atoms with Crippen LogP contribution in [0.15, 0.2) is 46.9 Å². The smallest absolute Gasteiger partial charge is 0.126 e. The molecular formula is C15H15BrFN. The average molecular weight is 308 g/mol. The summed E-state index contributed by atoms with van der Waals surface area (Å²) in [7, 11) is 1.88. The van der Waals surface area contributed by atoms with Crippen LogP contribution in [0.2, 0.25) is 0 Å². The van der Waals surface area contributed by atoms with Gasteiger partial charge < -0.3 is 5.32 Å². The van der Waals surface area contributed by atoms with E-state index in [2.05, 4.69) is 21.2 Å². The highest BCUT2D eigenvalue weighted by Crippen LogP contribution is 2.28. The van der Waals surface area contributed by atoms with Crippen LogP contribution in [0.4, 0.5) is 4.39 Å². The molecule has 0 aliphatic rings. The van der Waals surface area contributed by atoms with Gasteiger partial charge in [-0.1, -0.05) is 46.3 Å². The van der Waals surface area contributed by atoms with Gasteiger partial charge in [0.05, 0.1) is 6.04 Å². The van der Waals surface area contributed by atoms with Gasteiger partial charge in [-0.2, -0.15) is 0 Å². The van der Waals surface area contributed by atoms with Crippen molar-refractivity contribution in [3.8, 4) is 0 Å². The molecule has 0 aliphatic heterocycles. The molecular weight excluding hydrogens is 293 g/mol. The SMILES string of the molecule is CNC(c1ccc(C)c(F)c1)c1ccccc1Br. The van der Waals surface area contributed by atoms with Crippen molar-refractivity contribution in [2.75, 3.05) is 7.05 Å². The van der Waals surface area contributed by atoms with Crippen molar-refractivity contribution in [3.05, 3.63) is 69.4 Å². The summed E-state index contributed by atoms with van der Waals surface area (Å²) in [6, 6.07) is 13.3. The molecule has 94 valence electrons. The Morgan fingerprint density at radius 3 is 2.50 bits per heavy atom. The maximum atomic E-state index is 13.7. The summed E-state index contributed by atoms with van der Waals surface area (Å²) < 4.78 is 14.7. The van der Waals surface area contributed by atoms with Gasteiger partial charge in [0.2, 0.25) is 0 Å². The van der Waals surface area contributed by atoms with Gasteiger partial charge in [0.25, 0.3) is 0 Å². The van der Waals surface area contributed by atoms with E-state index in [0.29, 0.717) is 5.56 Å². The lowest BCUT2D eigenvalue weighted by Gasteiger charge is -2.19. The number of benzene rings is 2. The molecule has 1 nitrogen and oxygen atoms in total. The zero-order valence-electron chi connectivity index (χ0n) is 10.4. The van der Waals surface area contributed by atoms with Crippen molar-refractivity contribution < 1.29 is 4.39 Å². The zero-order chi connectivity index (χ0) is 13.1. The fraction of sp³-hybridized carbons (Fsp3) is 0.200. The van der Waals surface area contributed by atoms with E-state index in [-0.39, 0.29) is 11.9 Å². The van der Waals surface area contributed by atoms with Gasteiger partial charge in [-0.25, -0.2) is 4.39 Å². The minimum atomic E-state index is -0.167.